The van der Waals surface area contributed by atoms with Crippen molar-refractivity contribution >= 4 is 17.5 Å². The summed E-state index contributed by atoms with van der Waals surface area (Å²) < 4.78 is 16.9. The molecule has 35 heavy (non-hydrogen) atoms. The first-order valence-corrected chi connectivity index (χ1v) is 12.6. The number of piperidine rings is 1. The molecule has 190 valence electrons. The zero-order valence-electron chi connectivity index (χ0n) is 20.6. The van der Waals surface area contributed by atoms with Crippen LogP contribution in [0.1, 0.15) is 30.4 Å². The van der Waals surface area contributed by atoms with Crippen LogP contribution in [0.15, 0.2) is 36.4 Å². The molecule has 0 aliphatic carbocycles. The number of ether oxygens (including phenoxy) is 3. The van der Waals surface area contributed by atoms with Crippen molar-refractivity contribution in [2.45, 2.75) is 32.7 Å². The molecular weight excluding hydrogens is 468 g/mol. The average molecular weight is 503 g/mol. The lowest BCUT2D eigenvalue weighted by molar-refractivity contribution is -0.139. The molecule has 0 spiro atoms. The highest BCUT2D eigenvalue weighted by Crippen LogP contribution is 2.37. The number of hydrogen-bond acceptors (Lipinski definition) is 6. The normalized spacial score (nSPS) is 21.1. The molecule has 2 heterocycles. The second kappa shape index (κ2) is 11.5. The summed E-state index contributed by atoms with van der Waals surface area (Å²) in [5, 5.41) is 10.9. The first-order chi connectivity index (χ1) is 16.9. The quantitative estimate of drug-likeness (QED) is 0.581. The van der Waals surface area contributed by atoms with Gasteiger partial charge in [-0.3, -0.25) is 9.69 Å². The van der Waals surface area contributed by atoms with Crippen LogP contribution in [0.5, 0.6) is 17.2 Å². The molecular formula is C27H35ClN2O5. The lowest BCUT2D eigenvalue weighted by Crippen LogP contribution is -2.50. The Bertz CT molecular complexity index is 1030. The lowest BCUT2D eigenvalue weighted by Gasteiger charge is -2.43. The van der Waals surface area contributed by atoms with E-state index in [0.717, 1.165) is 42.8 Å². The van der Waals surface area contributed by atoms with Crippen LogP contribution in [0.2, 0.25) is 5.02 Å². The van der Waals surface area contributed by atoms with Crippen LogP contribution in [-0.4, -0.2) is 73.9 Å². The minimum absolute atomic E-state index is 0.136. The number of methoxy groups -OCH3 is 1. The van der Waals surface area contributed by atoms with E-state index < -0.39 is 0 Å². The van der Waals surface area contributed by atoms with Gasteiger partial charge in [0.05, 0.1) is 26.9 Å². The zero-order chi connectivity index (χ0) is 24.8. The van der Waals surface area contributed by atoms with E-state index in [1.807, 2.05) is 36.1 Å². The molecule has 7 nitrogen and oxygen atoms in total. The highest BCUT2D eigenvalue weighted by molar-refractivity contribution is 6.31. The third-order valence-electron chi connectivity index (χ3n) is 6.95. The predicted molar refractivity (Wildman–Crippen MR) is 135 cm³/mol. The summed E-state index contributed by atoms with van der Waals surface area (Å²) in [4.78, 5) is 17.6. The number of halogens is 1. The van der Waals surface area contributed by atoms with Crippen LogP contribution in [0, 0.1) is 12.3 Å². The molecule has 1 amide bonds. The number of aryl methyl sites for hydroxylation is 1. The second-order valence-corrected chi connectivity index (χ2v) is 10.1. The minimum atomic E-state index is -0.310. The van der Waals surface area contributed by atoms with E-state index >= 15 is 0 Å². The van der Waals surface area contributed by atoms with E-state index in [1.165, 1.54) is 0 Å². The highest BCUT2D eigenvalue weighted by Gasteiger charge is 2.39. The number of amides is 1. The molecule has 2 aromatic carbocycles. The number of likely N-dealkylation sites (tertiary alicyclic amines) is 1. The van der Waals surface area contributed by atoms with Gasteiger partial charge >= 0.3 is 0 Å². The first kappa shape index (κ1) is 25.6. The Hall–Kier alpha value is -2.48. The molecule has 1 N–H and O–H groups in total. The number of benzene rings is 2. The molecule has 2 aliphatic heterocycles. The van der Waals surface area contributed by atoms with E-state index in [-0.39, 0.29) is 17.1 Å². The minimum Gasteiger partial charge on any atom is -0.504 e. The smallest absolute Gasteiger partial charge is 0.223 e. The van der Waals surface area contributed by atoms with Crippen molar-refractivity contribution in [1.29, 1.82) is 0 Å². The Morgan fingerprint density at radius 3 is 2.69 bits per heavy atom. The second-order valence-electron chi connectivity index (χ2n) is 9.69. The van der Waals surface area contributed by atoms with Crippen LogP contribution in [-0.2, 0) is 16.1 Å². The fourth-order valence-corrected chi connectivity index (χ4v) is 5.16. The first-order valence-electron chi connectivity index (χ1n) is 12.2. The maximum absolute atomic E-state index is 13.3. The molecule has 0 aromatic heterocycles. The van der Waals surface area contributed by atoms with Gasteiger partial charge in [0, 0.05) is 43.0 Å². The fraction of sp³-hybridized carbons (Fsp3) is 0.519. The van der Waals surface area contributed by atoms with Crippen molar-refractivity contribution in [2.24, 2.45) is 5.41 Å². The van der Waals surface area contributed by atoms with Gasteiger partial charge in [0.25, 0.3) is 0 Å². The molecule has 0 saturated carbocycles. The fourth-order valence-electron chi connectivity index (χ4n) is 5.04. The number of rotatable bonds is 8. The van der Waals surface area contributed by atoms with E-state index in [1.54, 1.807) is 19.2 Å². The van der Waals surface area contributed by atoms with E-state index in [4.69, 9.17) is 25.8 Å². The summed E-state index contributed by atoms with van der Waals surface area (Å²) in [6.45, 7) is 7.22. The molecule has 2 aromatic rings. The Morgan fingerprint density at radius 2 is 1.97 bits per heavy atom. The van der Waals surface area contributed by atoms with Crippen LogP contribution in [0.3, 0.4) is 0 Å². The van der Waals surface area contributed by atoms with Crippen molar-refractivity contribution in [3.8, 4) is 17.2 Å². The standard InChI is InChI=1S/C27H35ClN2O5/c1-20-14-22(5-6-23(20)28)35-19-27(16-26(32)30-10-12-34-13-11-30)8-3-9-29(18-27)17-21-4-7-25(33-2)24(31)15-21/h4-7,14-15,31H,3,8-13,16-19H2,1-2H3. The number of phenolic OH excluding ortho intramolecular Hbond substituents is 1. The number of hydrogen-bond donors (Lipinski definition) is 1. The summed E-state index contributed by atoms with van der Waals surface area (Å²) in [7, 11) is 1.54. The van der Waals surface area contributed by atoms with Gasteiger partial charge in [0.1, 0.15) is 5.75 Å². The molecule has 1 atom stereocenters. The largest absolute Gasteiger partial charge is 0.504 e. The van der Waals surface area contributed by atoms with Crippen LogP contribution in [0.4, 0.5) is 0 Å². The van der Waals surface area contributed by atoms with Crippen molar-refractivity contribution in [3.63, 3.8) is 0 Å². The maximum Gasteiger partial charge on any atom is 0.223 e. The summed E-state index contributed by atoms with van der Waals surface area (Å²) in [5.74, 6) is 1.53. The van der Waals surface area contributed by atoms with Crippen molar-refractivity contribution < 1.29 is 24.1 Å². The van der Waals surface area contributed by atoms with Gasteiger partial charge in [0.2, 0.25) is 5.91 Å². The summed E-state index contributed by atoms with van der Waals surface area (Å²) >= 11 is 6.19. The van der Waals surface area contributed by atoms with Gasteiger partial charge in [-0.2, -0.15) is 0 Å². The molecule has 0 bridgehead atoms. The van der Waals surface area contributed by atoms with E-state index in [2.05, 4.69) is 4.90 Å². The third-order valence-corrected chi connectivity index (χ3v) is 7.38. The summed E-state index contributed by atoms with van der Waals surface area (Å²) in [6.07, 6.45) is 2.32. The zero-order valence-corrected chi connectivity index (χ0v) is 21.4. The monoisotopic (exact) mass is 502 g/mol. The topological polar surface area (TPSA) is 71.5 Å². The number of nitrogens with zero attached hydrogens (tertiary/aromatic N) is 2. The van der Waals surface area contributed by atoms with Crippen LogP contribution >= 0.6 is 11.6 Å². The molecule has 0 radical (unpaired) electrons. The molecule has 2 aliphatic rings. The van der Waals surface area contributed by atoms with Gasteiger partial charge in [0.15, 0.2) is 11.5 Å². The Kier molecular flexibility index (Phi) is 8.42. The number of carbonyl (C=O) groups excluding carboxylic acids is 1. The number of morpholine rings is 1. The van der Waals surface area contributed by atoms with E-state index in [9.17, 15) is 9.90 Å². The molecule has 2 fully saturated rings. The highest BCUT2D eigenvalue weighted by atomic mass is 35.5. The molecule has 4 rings (SSSR count). The number of aromatic hydroxyl groups is 1. The lowest BCUT2D eigenvalue weighted by atomic mass is 9.77. The van der Waals surface area contributed by atoms with Crippen molar-refractivity contribution in [2.75, 3.05) is 53.1 Å². The summed E-state index contributed by atoms with van der Waals surface area (Å²) in [6, 6.07) is 11.2. The SMILES string of the molecule is COc1ccc(CN2CCCC(COc3ccc(Cl)c(C)c3)(CC(=O)N3CCOCC3)C2)cc1O. The van der Waals surface area contributed by atoms with Gasteiger partial charge in [-0.15, -0.1) is 0 Å². The van der Waals surface area contributed by atoms with E-state index in [0.29, 0.717) is 56.6 Å². The Morgan fingerprint density at radius 1 is 1.17 bits per heavy atom. The van der Waals surface area contributed by atoms with Gasteiger partial charge in [-0.05, 0) is 67.8 Å². The van der Waals surface area contributed by atoms with Crippen LogP contribution < -0.4 is 9.47 Å². The van der Waals surface area contributed by atoms with Crippen molar-refractivity contribution in [1.82, 2.24) is 9.80 Å². The van der Waals surface area contributed by atoms with Gasteiger partial charge in [-0.25, -0.2) is 0 Å². The number of carbonyl (C=O) groups is 1. The molecule has 1 unspecified atom stereocenters. The number of phenols is 1. The third kappa shape index (κ3) is 6.60. The van der Waals surface area contributed by atoms with Gasteiger partial charge in [-0.1, -0.05) is 17.7 Å². The van der Waals surface area contributed by atoms with Crippen LogP contribution in [0.25, 0.3) is 0 Å². The Balaban J connectivity index is 1.50. The maximum atomic E-state index is 13.3. The van der Waals surface area contributed by atoms with Gasteiger partial charge < -0.3 is 24.2 Å². The Labute approximate surface area is 212 Å². The summed E-state index contributed by atoms with van der Waals surface area (Å²) in [5.41, 5.74) is 1.66. The molecule has 8 heteroatoms. The average Bonchev–Trinajstić information content (AvgIpc) is 2.86. The molecule has 2 saturated heterocycles. The van der Waals surface area contributed by atoms with Crippen molar-refractivity contribution in [3.05, 3.63) is 52.5 Å². The predicted octanol–water partition coefficient (Wildman–Crippen LogP) is 4.27.